The van der Waals surface area contributed by atoms with Crippen molar-refractivity contribution in [3.63, 3.8) is 0 Å². The van der Waals surface area contributed by atoms with Crippen molar-refractivity contribution in [3.8, 4) is 0 Å². The zero-order valence-corrected chi connectivity index (χ0v) is 14.9. The van der Waals surface area contributed by atoms with Gasteiger partial charge in [-0.05, 0) is 24.3 Å². The Kier molecular flexibility index (Phi) is 3.73. The average molecular weight is 367 g/mol. The lowest BCUT2D eigenvalue weighted by Gasteiger charge is -2.35. The van der Waals surface area contributed by atoms with Gasteiger partial charge >= 0.3 is 0 Å². The van der Waals surface area contributed by atoms with Crippen LogP contribution in [-0.4, -0.2) is 70.2 Å². The third-order valence-corrected chi connectivity index (χ3v) is 6.32. The first kappa shape index (κ1) is 16.4. The number of imide groups is 1. The lowest BCUT2D eigenvalue weighted by molar-refractivity contribution is -0.147. The van der Waals surface area contributed by atoms with E-state index in [0.717, 1.165) is 6.42 Å². The number of rotatable bonds is 3. The molecule has 0 aromatic carbocycles. The number of fused-ring (bicyclic) bond motifs is 5. The van der Waals surface area contributed by atoms with Crippen LogP contribution in [-0.2, 0) is 14.4 Å². The molecule has 1 aromatic heterocycles. The quantitative estimate of drug-likeness (QED) is 0.549. The second kappa shape index (κ2) is 6.14. The summed E-state index contributed by atoms with van der Waals surface area (Å²) in [5, 5.41) is 0. The van der Waals surface area contributed by atoms with Crippen LogP contribution in [0, 0.1) is 23.7 Å². The monoisotopic (exact) mass is 367 g/mol. The molecule has 140 valence electrons. The molecule has 0 radical (unpaired) electrons. The molecule has 8 nitrogen and oxygen atoms in total. The number of aromatic nitrogens is 2. The summed E-state index contributed by atoms with van der Waals surface area (Å²) in [6, 6.07) is 1.77. The van der Waals surface area contributed by atoms with E-state index in [9.17, 15) is 14.4 Å². The van der Waals surface area contributed by atoms with Gasteiger partial charge in [0.15, 0.2) is 0 Å². The minimum Gasteiger partial charge on any atom is -0.338 e. The Morgan fingerprint density at radius 1 is 0.963 bits per heavy atom. The van der Waals surface area contributed by atoms with Gasteiger partial charge < -0.3 is 9.80 Å². The van der Waals surface area contributed by atoms with Gasteiger partial charge in [0.1, 0.15) is 6.54 Å². The molecule has 1 saturated carbocycles. The first-order valence-corrected chi connectivity index (χ1v) is 9.47. The molecule has 1 aromatic rings. The molecule has 4 atom stereocenters. The molecular formula is C19H21N5O3. The molecule has 0 spiro atoms. The van der Waals surface area contributed by atoms with Crippen molar-refractivity contribution >= 4 is 23.7 Å². The molecule has 3 heterocycles. The number of anilines is 1. The van der Waals surface area contributed by atoms with E-state index >= 15 is 0 Å². The fourth-order valence-corrected chi connectivity index (χ4v) is 4.97. The van der Waals surface area contributed by atoms with E-state index in [4.69, 9.17) is 0 Å². The minimum atomic E-state index is -0.243. The number of allylic oxidation sites excluding steroid dienone is 2. The van der Waals surface area contributed by atoms with E-state index < -0.39 is 0 Å². The maximum Gasteiger partial charge on any atom is 0.242 e. The van der Waals surface area contributed by atoms with Crippen LogP contribution in [0.3, 0.4) is 0 Å². The van der Waals surface area contributed by atoms with Gasteiger partial charge in [-0.1, -0.05) is 12.2 Å². The molecule has 2 aliphatic carbocycles. The molecule has 3 amide bonds. The molecule has 8 heteroatoms. The maximum atomic E-state index is 12.7. The highest BCUT2D eigenvalue weighted by atomic mass is 16.2. The van der Waals surface area contributed by atoms with Gasteiger partial charge in [-0.2, -0.15) is 0 Å². The zero-order chi connectivity index (χ0) is 18.5. The third kappa shape index (κ3) is 2.54. The normalized spacial score (nSPS) is 31.8. The van der Waals surface area contributed by atoms with Crippen LogP contribution >= 0.6 is 0 Å². The number of carbonyl (C=O) groups is 3. The van der Waals surface area contributed by atoms with Crippen molar-refractivity contribution < 1.29 is 14.4 Å². The Morgan fingerprint density at radius 2 is 1.56 bits per heavy atom. The summed E-state index contributed by atoms with van der Waals surface area (Å²) in [5.41, 5.74) is 0. The standard InChI is InChI=1S/C19H21N5O3/c25-14(22-6-8-23(9-7-22)19-20-4-1-5-21-19)11-24-17(26)15-12-2-3-13(10-12)16(15)18(24)27/h1-5,12-13,15-16H,6-11H2/t12-,13-,15-,16+/m0/s1. The zero-order valence-electron chi connectivity index (χ0n) is 14.9. The molecule has 0 N–H and O–H groups in total. The molecule has 5 rings (SSSR count). The lowest BCUT2D eigenvalue weighted by Crippen LogP contribution is -2.52. The number of carbonyl (C=O) groups excluding carboxylic acids is 3. The Morgan fingerprint density at radius 3 is 2.15 bits per heavy atom. The van der Waals surface area contributed by atoms with Crippen LogP contribution in [0.25, 0.3) is 0 Å². The topological polar surface area (TPSA) is 86.7 Å². The van der Waals surface area contributed by atoms with Crippen molar-refractivity contribution in [2.45, 2.75) is 6.42 Å². The van der Waals surface area contributed by atoms with Crippen LogP contribution in [0.1, 0.15) is 6.42 Å². The Hall–Kier alpha value is -2.77. The van der Waals surface area contributed by atoms with Crippen LogP contribution in [0.15, 0.2) is 30.6 Å². The molecular weight excluding hydrogens is 346 g/mol. The molecule has 4 aliphatic rings. The summed E-state index contributed by atoms with van der Waals surface area (Å²) in [6.07, 6.45) is 8.42. The first-order valence-electron chi connectivity index (χ1n) is 9.47. The summed E-state index contributed by atoms with van der Waals surface area (Å²) in [7, 11) is 0. The highest BCUT2D eigenvalue weighted by molar-refractivity contribution is 6.08. The van der Waals surface area contributed by atoms with Crippen LogP contribution in [0.2, 0.25) is 0 Å². The minimum absolute atomic E-state index is 0.133. The van der Waals surface area contributed by atoms with E-state index in [0.29, 0.717) is 32.1 Å². The fourth-order valence-electron chi connectivity index (χ4n) is 4.97. The van der Waals surface area contributed by atoms with E-state index in [1.807, 2.05) is 4.90 Å². The largest absolute Gasteiger partial charge is 0.338 e. The SMILES string of the molecule is O=C(CN1C(=O)[C@@H]2[C@H](C1=O)[C@H]1C=C[C@H]2C1)N1CCN(c2ncccn2)CC1. The van der Waals surface area contributed by atoms with Crippen molar-refractivity contribution in [2.75, 3.05) is 37.6 Å². The van der Waals surface area contributed by atoms with Gasteiger partial charge in [0, 0.05) is 38.6 Å². The molecule has 0 unspecified atom stereocenters. The van der Waals surface area contributed by atoms with Crippen LogP contribution in [0.4, 0.5) is 5.95 Å². The number of piperazine rings is 1. The second-order valence-corrected chi connectivity index (χ2v) is 7.68. The predicted molar refractivity (Wildman–Crippen MR) is 95.3 cm³/mol. The maximum absolute atomic E-state index is 12.7. The number of hydrogen-bond acceptors (Lipinski definition) is 6. The van der Waals surface area contributed by atoms with Gasteiger partial charge in [0.05, 0.1) is 11.8 Å². The predicted octanol–water partition coefficient (Wildman–Crippen LogP) is -0.0677. The number of hydrogen-bond donors (Lipinski definition) is 0. The summed E-state index contributed by atoms with van der Waals surface area (Å²) in [4.78, 5) is 51.6. The Bertz CT molecular complexity index is 788. The van der Waals surface area contributed by atoms with Crippen LogP contribution < -0.4 is 4.90 Å². The van der Waals surface area contributed by atoms with E-state index in [-0.39, 0.29) is 47.9 Å². The fraction of sp³-hybridized carbons (Fsp3) is 0.526. The van der Waals surface area contributed by atoms with E-state index in [1.54, 1.807) is 23.4 Å². The number of nitrogens with zero attached hydrogens (tertiary/aromatic N) is 5. The van der Waals surface area contributed by atoms with Gasteiger partial charge in [-0.25, -0.2) is 9.97 Å². The van der Waals surface area contributed by atoms with Gasteiger partial charge in [-0.3, -0.25) is 19.3 Å². The highest BCUT2D eigenvalue weighted by Gasteiger charge is 2.59. The third-order valence-electron chi connectivity index (χ3n) is 6.32. The number of likely N-dealkylation sites (tertiary alicyclic amines) is 1. The van der Waals surface area contributed by atoms with Gasteiger partial charge in [0.2, 0.25) is 23.7 Å². The van der Waals surface area contributed by atoms with Crippen molar-refractivity contribution in [1.82, 2.24) is 19.8 Å². The van der Waals surface area contributed by atoms with E-state index in [1.165, 1.54) is 4.90 Å². The lowest BCUT2D eigenvalue weighted by atomic mass is 9.85. The Balaban J connectivity index is 1.21. The van der Waals surface area contributed by atoms with Gasteiger partial charge in [-0.15, -0.1) is 0 Å². The van der Waals surface area contributed by atoms with Crippen LogP contribution in [0.5, 0.6) is 0 Å². The van der Waals surface area contributed by atoms with Crippen molar-refractivity contribution in [3.05, 3.63) is 30.6 Å². The molecule has 27 heavy (non-hydrogen) atoms. The highest BCUT2D eigenvalue weighted by Crippen LogP contribution is 2.52. The molecule has 2 bridgehead atoms. The summed E-state index contributed by atoms with van der Waals surface area (Å²) >= 11 is 0. The summed E-state index contributed by atoms with van der Waals surface area (Å²) in [6.45, 7) is 2.21. The molecule has 3 fully saturated rings. The Labute approximate surface area is 156 Å². The molecule has 2 aliphatic heterocycles. The number of amides is 3. The van der Waals surface area contributed by atoms with Crippen molar-refractivity contribution in [2.24, 2.45) is 23.7 Å². The molecule has 2 saturated heterocycles. The summed E-state index contributed by atoms with van der Waals surface area (Å²) < 4.78 is 0. The van der Waals surface area contributed by atoms with Gasteiger partial charge in [0.25, 0.3) is 0 Å². The average Bonchev–Trinajstić information content (AvgIpc) is 3.39. The smallest absolute Gasteiger partial charge is 0.242 e. The second-order valence-electron chi connectivity index (χ2n) is 7.68. The van der Waals surface area contributed by atoms with Crippen molar-refractivity contribution in [1.29, 1.82) is 0 Å². The first-order chi connectivity index (χ1) is 13.1. The summed E-state index contributed by atoms with van der Waals surface area (Å²) in [5.74, 6) is 0.0330. The van der Waals surface area contributed by atoms with E-state index in [2.05, 4.69) is 22.1 Å².